The molecule has 23 heavy (non-hydrogen) atoms. The van der Waals surface area contributed by atoms with Crippen molar-refractivity contribution < 1.29 is 9.72 Å². The van der Waals surface area contributed by atoms with Gasteiger partial charge in [-0.25, -0.2) is 5.01 Å². The summed E-state index contributed by atoms with van der Waals surface area (Å²) in [6.45, 7) is 1.83. The molecule has 1 atom stereocenters. The fourth-order valence-corrected chi connectivity index (χ4v) is 2.58. The molecular formula is C17H15N3O3. The third-order valence-electron chi connectivity index (χ3n) is 3.86. The Morgan fingerprint density at radius 1 is 1.13 bits per heavy atom. The molecule has 0 aromatic heterocycles. The van der Waals surface area contributed by atoms with Gasteiger partial charge in [-0.05, 0) is 31.0 Å². The van der Waals surface area contributed by atoms with Crippen molar-refractivity contribution in [2.75, 3.05) is 5.01 Å². The van der Waals surface area contributed by atoms with Crippen LogP contribution in [0, 0.1) is 16.0 Å². The summed E-state index contributed by atoms with van der Waals surface area (Å²) in [5, 5.41) is 16.5. The van der Waals surface area contributed by atoms with E-state index in [0.717, 1.165) is 17.0 Å². The van der Waals surface area contributed by atoms with E-state index >= 15 is 0 Å². The molecule has 0 saturated heterocycles. The molecule has 1 aliphatic rings. The molecule has 6 heteroatoms. The fraction of sp³-hybridized carbons (Fsp3) is 0.176. The second-order valence-corrected chi connectivity index (χ2v) is 5.41. The standard InChI is InChI=1S/C17H15N3O3/c1-12-16(11-13-7-9-15(10-8-13)20(22)23)17(21)19(18-12)14-5-3-2-4-6-14/h2-10,16H,11H2,1H3/t16-/m0/s1. The highest BCUT2D eigenvalue weighted by Gasteiger charge is 2.34. The van der Waals surface area contributed by atoms with Gasteiger partial charge in [-0.2, -0.15) is 5.10 Å². The molecule has 0 radical (unpaired) electrons. The number of nitro groups is 1. The quantitative estimate of drug-likeness (QED) is 0.643. The van der Waals surface area contributed by atoms with Crippen LogP contribution in [0.5, 0.6) is 0 Å². The minimum Gasteiger partial charge on any atom is -0.272 e. The lowest BCUT2D eigenvalue weighted by Crippen LogP contribution is -2.28. The number of anilines is 1. The van der Waals surface area contributed by atoms with Crippen LogP contribution in [0.15, 0.2) is 59.7 Å². The molecular weight excluding hydrogens is 294 g/mol. The largest absolute Gasteiger partial charge is 0.272 e. The van der Waals surface area contributed by atoms with Gasteiger partial charge in [-0.15, -0.1) is 0 Å². The highest BCUT2D eigenvalue weighted by Crippen LogP contribution is 2.26. The number of nitro benzene ring substituents is 1. The lowest BCUT2D eigenvalue weighted by molar-refractivity contribution is -0.384. The smallest absolute Gasteiger partial charge is 0.269 e. The summed E-state index contributed by atoms with van der Waals surface area (Å²) in [7, 11) is 0. The predicted molar refractivity (Wildman–Crippen MR) is 87.3 cm³/mol. The normalized spacial score (nSPS) is 17.3. The average Bonchev–Trinajstić information content (AvgIpc) is 2.84. The molecule has 3 rings (SSSR count). The molecule has 0 N–H and O–H groups in total. The summed E-state index contributed by atoms with van der Waals surface area (Å²) in [6, 6.07) is 15.6. The van der Waals surface area contributed by atoms with Gasteiger partial charge in [-0.1, -0.05) is 30.3 Å². The van der Waals surface area contributed by atoms with Crippen LogP contribution in [0.2, 0.25) is 0 Å². The molecule has 0 saturated carbocycles. The van der Waals surface area contributed by atoms with Crippen LogP contribution in [0.4, 0.5) is 11.4 Å². The Kier molecular flexibility index (Phi) is 3.89. The Balaban J connectivity index is 1.78. The second kappa shape index (κ2) is 6.00. The minimum absolute atomic E-state index is 0.0443. The fourth-order valence-electron chi connectivity index (χ4n) is 2.58. The molecule has 2 aromatic rings. The SMILES string of the molecule is CC1=NN(c2ccccc2)C(=O)[C@H]1Cc1ccc([N+](=O)[O-])cc1. The van der Waals surface area contributed by atoms with Gasteiger partial charge in [-0.3, -0.25) is 14.9 Å². The molecule has 0 aliphatic carbocycles. The molecule has 0 bridgehead atoms. The van der Waals surface area contributed by atoms with Gasteiger partial charge in [0.1, 0.15) is 0 Å². The molecule has 1 heterocycles. The maximum atomic E-state index is 12.6. The van der Waals surface area contributed by atoms with E-state index in [2.05, 4.69) is 5.10 Å². The first kappa shape index (κ1) is 14.9. The van der Waals surface area contributed by atoms with Crippen LogP contribution >= 0.6 is 0 Å². The Morgan fingerprint density at radius 2 is 1.78 bits per heavy atom. The van der Waals surface area contributed by atoms with Crippen molar-refractivity contribution in [2.24, 2.45) is 11.0 Å². The number of para-hydroxylation sites is 1. The van der Waals surface area contributed by atoms with Gasteiger partial charge >= 0.3 is 0 Å². The highest BCUT2D eigenvalue weighted by molar-refractivity contribution is 6.14. The van der Waals surface area contributed by atoms with E-state index in [1.54, 1.807) is 12.1 Å². The van der Waals surface area contributed by atoms with E-state index < -0.39 is 4.92 Å². The number of non-ortho nitro benzene ring substituents is 1. The zero-order valence-corrected chi connectivity index (χ0v) is 12.5. The lowest BCUT2D eigenvalue weighted by atomic mass is 9.95. The number of amides is 1. The van der Waals surface area contributed by atoms with Crippen LogP contribution < -0.4 is 5.01 Å². The van der Waals surface area contributed by atoms with Crippen LogP contribution in [0.3, 0.4) is 0 Å². The molecule has 1 aliphatic heterocycles. The second-order valence-electron chi connectivity index (χ2n) is 5.41. The molecule has 0 fully saturated rings. The summed E-state index contributed by atoms with van der Waals surface area (Å²) in [5.74, 6) is -0.413. The maximum Gasteiger partial charge on any atom is 0.269 e. The van der Waals surface area contributed by atoms with Crippen molar-refractivity contribution >= 4 is 23.0 Å². The van der Waals surface area contributed by atoms with Crippen molar-refractivity contribution in [3.8, 4) is 0 Å². The van der Waals surface area contributed by atoms with Gasteiger partial charge in [0, 0.05) is 17.8 Å². The Labute approximate surface area is 133 Å². The number of rotatable bonds is 4. The van der Waals surface area contributed by atoms with Crippen LogP contribution in [0.25, 0.3) is 0 Å². The van der Waals surface area contributed by atoms with Crippen molar-refractivity contribution in [2.45, 2.75) is 13.3 Å². The molecule has 0 unspecified atom stereocenters. The highest BCUT2D eigenvalue weighted by atomic mass is 16.6. The predicted octanol–water partition coefficient (Wildman–Crippen LogP) is 3.18. The molecule has 0 spiro atoms. The third-order valence-corrected chi connectivity index (χ3v) is 3.86. The Hall–Kier alpha value is -3.02. The van der Waals surface area contributed by atoms with E-state index in [1.807, 2.05) is 37.3 Å². The van der Waals surface area contributed by atoms with E-state index in [1.165, 1.54) is 17.1 Å². The Morgan fingerprint density at radius 3 is 2.39 bits per heavy atom. The van der Waals surface area contributed by atoms with Crippen LogP contribution in [-0.2, 0) is 11.2 Å². The first-order valence-electron chi connectivity index (χ1n) is 7.23. The number of hydrogen-bond donors (Lipinski definition) is 0. The lowest BCUT2D eigenvalue weighted by Gasteiger charge is -2.14. The first-order valence-corrected chi connectivity index (χ1v) is 7.23. The molecule has 1 amide bonds. The van der Waals surface area contributed by atoms with E-state index in [4.69, 9.17) is 0 Å². The number of hydrogen-bond acceptors (Lipinski definition) is 4. The summed E-state index contributed by atoms with van der Waals surface area (Å²) < 4.78 is 0. The average molecular weight is 309 g/mol. The van der Waals surface area contributed by atoms with Gasteiger partial charge in [0.15, 0.2) is 0 Å². The van der Waals surface area contributed by atoms with E-state index in [0.29, 0.717) is 6.42 Å². The number of hydrazone groups is 1. The summed E-state index contributed by atoms with van der Waals surface area (Å²) in [4.78, 5) is 22.8. The molecule has 6 nitrogen and oxygen atoms in total. The van der Waals surface area contributed by atoms with Crippen LogP contribution in [0.1, 0.15) is 12.5 Å². The summed E-state index contributed by atoms with van der Waals surface area (Å²) in [5.41, 5.74) is 2.40. The number of nitrogens with zero attached hydrogens (tertiary/aromatic N) is 3. The Bertz CT molecular complexity index is 769. The van der Waals surface area contributed by atoms with Crippen molar-refractivity contribution in [3.63, 3.8) is 0 Å². The van der Waals surface area contributed by atoms with Gasteiger partial charge in [0.2, 0.25) is 0 Å². The van der Waals surface area contributed by atoms with Gasteiger partial charge < -0.3 is 0 Å². The summed E-state index contributed by atoms with van der Waals surface area (Å²) in [6.07, 6.45) is 0.482. The van der Waals surface area contributed by atoms with E-state index in [9.17, 15) is 14.9 Å². The maximum absolute atomic E-state index is 12.6. The van der Waals surface area contributed by atoms with Crippen molar-refractivity contribution in [1.29, 1.82) is 0 Å². The first-order chi connectivity index (χ1) is 11.1. The van der Waals surface area contributed by atoms with Crippen LogP contribution in [-0.4, -0.2) is 16.5 Å². The molecule has 2 aromatic carbocycles. The zero-order valence-electron chi connectivity index (χ0n) is 12.5. The van der Waals surface area contributed by atoms with Crippen molar-refractivity contribution in [3.05, 3.63) is 70.3 Å². The third kappa shape index (κ3) is 2.96. The number of carbonyl (C=O) groups is 1. The molecule has 116 valence electrons. The topological polar surface area (TPSA) is 75.8 Å². The summed E-state index contributed by atoms with van der Waals surface area (Å²) >= 11 is 0. The number of carbonyl (C=O) groups excluding carboxylic acids is 1. The number of benzene rings is 2. The van der Waals surface area contributed by atoms with Gasteiger partial charge in [0.05, 0.1) is 16.5 Å². The van der Waals surface area contributed by atoms with Gasteiger partial charge in [0.25, 0.3) is 11.6 Å². The minimum atomic E-state index is -0.436. The monoisotopic (exact) mass is 309 g/mol. The van der Waals surface area contributed by atoms with Crippen molar-refractivity contribution in [1.82, 2.24) is 0 Å². The van der Waals surface area contributed by atoms with E-state index in [-0.39, 0.29) is 17.5 Å². The zero-order chi connectivity index (χ0) is 16.4.